The molecule has 0 bridgehead atoms. The molecule has 0 fully saturated rings. The number of aliphatic hydroxyl groups is 2. The predicted molar refractivity (Wildman–Crippen MR) is 168 cm³/mol. The number of unbranched alkanes of at least 4 members (excludes halogenated alkanes) is 18. The average Bonchev–Trinajstić information content (AvgIpc) is 2.95. The van der Waals surface area contributed by atoms with Gasteiger partial charge in [-0.3, -0.25) is 14.5 Å². The highest BCUT2D eigenvalue weighted by molar-refractivity contribution is 5.76. The Labute approximate surface area is 247 Å². The van der Waals surface area contributed by atoms with Crippen LogP contribution in [0.5, 0.6) is 0 Å². The first kappa shape index (κ1) is 38.8. The summed E-state index contributed by atoms with van der Waals surface area (Å²) in [7, 11) is 0. The molecular weight excluding hydrogens is 502 g/mol. The molecule has 0 aliphatic carbocycles. The van der Waals surface area contributed by atoms with E-state index in [0.717, 1.165) is 25.7 Å². The minimum Gasteiger partial charge on any atom is -0.394 e. The van der Waals surface area contributed by atoms with Crippen LogP contribution in [0.2, 0.25) is 0 Å². The van der Waals surface area contributed by atoms with Crippen LogP contribution in [0.3, 0.4) is 0 Å². The Balaban J connectivity index is 3.88. The van der Waals surface area contributed by atoms with Crippen molar-refractivity contribution < 1.29 is 19.8 Å². The minimum atomic E-state index is -0.871. The summed E-state index contributed by atoms with van der Waals surface area (Å²) in [5, 5.41) is 25.1. The van der Waals surface area contributed by atoms with E-state index in [4.69, 9.17) is 0 Å². The molecule has 0 aromatic carbocycles. The Bertz CT molecular complexity index is 520. The molecule has 1 atom stereocenters. The lowest BCUT2D eigenvalue weighted by Gasteiger charge is -2.24. The van der Waals surface area contributed by atoms with E-state index in [2.05, 4.69) is 24.5 Å². The van der Waals surface area contributed by atoms with Crippen molar-refractivity contribution in [1.29, 1.82) is 0 Å². The third-order valence-electron chi connectivity index (χ3n) is 7.69. The molecule has 1 unspecified atom stereocenters. The Morgan fingerprint density at radius 2 is 0.900 bits per heavy atom. The highest BCUT2D eigenvalue weighted by atomic mass is 16.3. The molecule has 0 saturated carbocycles. The van der Waals surface area contributed by atoms with Gasteiger partial charge in [0.25, 0.3) is 0 Å². The molecule has 0 aromatic heterocycles. The monoisotopic (exact) mass is 570 g/mol. The van der Waals surface area contributed by atoms with E-state index >= 15 is 0 Å². The van der Waals surface area contributed by atoms with E-state index in [9.17, 15) is 19.8 Å². The number of amides is 2. The lowest BCUT2D eigenvalue weighted by Crippen LogP contribution is -2.39. The van der Waals surface area contributed by atoms with E-state index < -0.39 is 6.10 Å². The third-order valence-corrected chi connectivity index (χ3v) is 7.69. The molecule has 40 heavy (non-hydrogen) atoms. The zero-order valence-electron chi connectivity index (χ0n) is 26.5. The van der Waals surface area contributed by atoms with E-state index in [1.165, 1.54) is 103 Å². The Kier molecular flexibility index (Phi) is 29.9. The number of carbonyl (C=O) groups excluding carboxylic acids is 2. The maximum atomic E-state index is 12.3. The van der Waals surface area contributed by atoms with Crippen LogP contribution in [0.1, 0.15) is 155 Å². The average molecular weight is 570 g/mol. The number of nitrogens with one attached hydrogen (secondary N) is 2. The van der Waals surface area contributed by atoms with Gasteiger partial charge in [-0.1, -0.05) is 129 Å². The number of nitrogens with zero attached hydrogens (tertiary/aromatic N) is 1. The summed E-state index contributed by atoms with van der Waals surface area (Å²) in [4.78, 5) is 26.5. The van der Waals surface area contributed by atoms with Crippen LogP contribution in [0.4, 0.5) is 0 Å². The topological polar surface area (TPSA) is 102 Å². The fourth-order valence-electron chi connectivity index (χ4n) is 5.03. The molecule has 7 nitrogen and oxygen atoms in total. The normalized spacial score (nSPS) is 12.1. The number of hydrogen-bond donors (Lipinski definition) is 4. The van der Waals surface area contributed by atoms with Gasteiger partial charge in [0, 0.05) is 45.6 Å². The van der Waals surface area contributed by atoms with Crippen LogP contribution < -0.4 is 10.6 Å². The van der Waals surface area contributed by atoms with Gasteiger partial charge >= 0.3 is 0 Å². The highest BCUT2D eigenvalue weighted by Gasteiger charge is 2.14. The predicted octanol–water partition coefficient (Wildman–Crippen LogP) is 6.50. The number of hydrogen-bond acceptors (Lipinski definition) is 5. The molecule has 0 aliphatic heterocycles. The molecule has 0 aromatic rings. The van der Waals surface area contributed by atoms with Crippen LogP contribution in [-0.4, -0.2) is 72.4 Å². The second-order valence-electron chi connectivity index (χ2n) is 11.7. The van der Waals surface area contributed by atoms with Gasteiger partial charge < -0.3 is 20.8 Å². The summed E-state index contributed by atoms with van der Waals surface area (Å²) in [6.45, 7) is 6.77. The van der Waals surface area contributed by atoms with E-state index in [1.807, 2.05) is 4.90 Å². The molecular formula is C33H67N3O4. The van der Waals surface area contributed by atoms with Crippen molar-refractivity contribution in [1.82, 2.24) is 15.5 Å². The molecule has 0 rings (SSSR count). The van der Waals surface area contributed by atoms with Crippen molar-refractivity contribution in [3.63, 3.8) is 0 Å². The summed E-state index contributed by atoms with van der Waals surface area (Å²) in [6.07, 6.45) is 25.2. The molecule has 0 aliphatic rings. The largest absolute Gasteiger partial charge is 0.394 e. The van der Waals surface area contributed by atoms with Crippen molar-refractivity contribution in [2.24, 2.45) is 0 Å². The summed E-state index contributed by atoms with van der Waals surface area (Å²) in [6, 6.07) is 0. The van der Waals surface area contributed by atoms with Crippen LogP contribution in [0, 0.1) is 0 Å². The van der Waals surface area contributed by atoms with Gasteiger partial charge in [0.2, 0.25) is 11.8 Å². The van der Waals surface area contributed by atoms with Crippen molar-refractivity contribution in [2.45, 2.75) is 161 Å². The summed E-state index contributed by atoms with van der Waals surface area (Å²) in [5.74, 6) is 0.00893. The van der Waals surface area contributed by atoms with Crippen molar-refractivity contribution >= 4 is 11.8 Å². The van der Waals surface area contributed by atoms with Gasteiger partial charge in [-0.25, -0.2) is 0 Å². The fourth-order valence-corrected chi connectivity index (χ4v) is 5.03. The van der Waals surface area contributed by atoms with Crippen LogP contribution in [0.15, 0.2) is 0 Å². The molecule has 0 radical (unpaired) electrons. The van der Waals surface area contributed by atoms with Crippen molar-refractivity contribution in [3.05, 3.63) is 0 Å². The zero-order chi connectivity index (χ0) is 29.5. The number of aliphatic hydroxyl groups excluding tert-OH is 2. The molecule has 0 spiro atoms. The Morgan fingerprint density at radius 1 is 0.575 bits per heavy atom. The number of rotatable bonds is 31. The van der Waals surface area contributed by atoms with E-state index in [-0.39, 0.29) is 25.0 Å². The van der Waals surface area contributed by atoms with Gasteiger partial charge in [-0.05, 0) is 12.8 Å². The second kappa shape index (κ2) is 30.8. The molecule has 0 heterocycles. The number of carbonyl (C=O) groups is 2. The van der Waals surface area contributed by atoms with Gasteiger partial charge in [0.05, 0.1) is 12.7 Å². The SMILES string of the molecule is CCCCCCCCCCCCNC(=O)CCN(CCC(=O)NCCCCCCCCCCCC)CC(O)CO. The molecule has 4 N–H and O–H groups in total. The third kappa shape index (κ3) is 28.4. The van der Waals surface area contributed by atoms with Gasteiger partial charge in [0.15, 0.2) is 0 Å². The first-order chi connectivity index (χ1) is 19.5. The summed E-state index contributed by atoms with van der Waals surface area (Å²) >= 11 is 0. The zero-order valence-corrected chi connectivity index (χ0v) is 26.5. The molecule has 0 saturated heterocycles. The van der Waals surface area contributed by atoms with Crippen LogP contribution >= 0.6 is 0 Å². The van der Waals surface area contributed by atoms with E-state index in [1.54, 1.807) is 0 Å². The molecule has 2 amide bonds. The van der Waals surface area contributed by atoms with E-state index in [0.29, 0.717) is 39.0 Å². The van der Waals surface area contributed by atoms with Gasteiger partial charge in [-0.15, -0.1) is 0 Å². The Morgan fingerprint density at radius 3 is 1.23 bits per heavy atom. The quantitative estimate of drug-likeness (QED) is 0.0714. The second-order valence-corrected chi connectivity index (χ2v) is 11.7. The fraction of sp³-hybridized carbons (Fsp3) is 0.939. The van der Waals surface area contributed by atoms with Crippen molar-refractivity contribution in [2.75, 3.05) is 39.3 Å². The van der Waals surface area contributed by atoms with Crippen LogP contribution in [0.25, 0.3) is 0 Å². The van der Waals surface area contributed by atoms with Crippen LogP contribution in [-0.2, 0) is 9.59 Å². The summed E-state index contributed by atoms with van der Waals surface area (Å²) < 4.78 is 0. The standard InChI is InChI=1S/C33H67N3O4/c1-3-5-7-9-11-13-15-17-19-21-25-34-32(39)23-27-36(29-31(38)30-37)28-24-33(40)35-26-22-20-18-16-14-12-10-8-6-4-2/h31,37-38H,3-30H2,1-2H3,(H,34,39)(H,35,40). The lowest BCUT2D eigenvalue weighted by atomic mass is 10.1. The molecule has 238 valence electrons. The first-order valence-corrected chi connectivity index (χ1v) is 17.1. The van der Waals surface area contributed by atoms with Gasteiger partial charge in [-0.2, -0.15) is 0 Å². The maximum absolute atomic E-state index is 12.3. The smallest absolute Gasteiger partial charge is 0.221 e. The first-order valence-electron chi connectivity index (χ1n) is 17.1. The van der Waals surface area contributed by atoms with Crippen molar-refractivity contribution in [3.8, 4) is 0 Å². The maximum Gasteiger partial charge on any atom is 0.221 e. The van der Waals surface area contributed by atoms with Gasteiger partial charge in [0.1, 0.15) is 0 Å². The molecule has 7 heteroatoms. The minimum absolute atomic E-state index is 0.00447. The lowest BCUT2D eigenvalue weighted by molar-refractivity contribution is -0.121. The highest BCUT2D eigenvalue weighted by Crippen LogP contribution is 2.11. The Hall–Kier alpha value is -1.18. The summed E-state index contributed by atoms with van der Waals surface area (Å²) in [5.41, 5.74) is 0.